The molecule has 2 aromatic rings. The second kappa shape index (κ2) is 7.96. The van der Waals surface area contributed by atoms with Gasteiger partial charge in [0.2, 0.25) is 11.8 Å². The molecule has 0 fully saturated rings. The average Bonchev–Trinajstić information content (AvgIpc) is 3.17. The first-order chi connectivity index (χ1) is 12.9. The maximum atomic E-state index is 12.6. The summed E-state index contributed by atoms with van der Waals surface area (Å²) >= 11 is 0. The molecule has 1 aliphatic rings. The number of hydrogen-bond acceptors (Lipinski definition) is 5. The molecular formula is C19H22N2O5S. The number of nitrogens with zero attached hydrogens (tertiary/aromatic N) is 1. The Balaban J connectivity index is 1.64. The van der Waals surface area contributed by atoms with Crippen molar-refractivity contribution >= 4 is 27.3 Å². The summed E-state index contributed by atoms with van der Waals surface area (Å²) in [4.78, 5) is 25.5. The molecule has 1 aliphatic heterocycles. The van der Waals surface area contributed by atoms with Crippen LogP contribution in [-0.4, -0.2) is 32.5 Å². The number of aryl methyl sites for hydroxylation is 1. The molecule has 2 amide bonds. The third-order valence-electron chi connectivity index (χ3n) is 4.55. The van der Waals surface area contributed by atoms with Gasteiger partial charge in [-0.15, -0.1) is 0 Å². The molecule has 0 bridgehead atoms. The predicted octanol–water partition coefficient (Wildman–Crippen LogP) is 2.06. The summed E-state index contributed by atoms with van der Waals surface area (Å²) in [6.07, 6.45) is 2.91. The molecule has 1 aromatic heterocycles. The van der Waals surface area contributed by atoms with Crippen molar-refractivity contribution in [2.75, 3.05) is 17.2 Å². The summed E-state index contributed by atoms with van der Waals surface area (Å²) in [6.45, 7) is 2.37. The molecule has 7 nitrogen and oxygen atoms in total. The number of rotatable bonds is 6. The number of carbonyl (C=O) groups is 2. The van der Waals surface area contributed by atoms with Crippen LogP contribution in [0.1, 0.15) is 31.1 Å². The molecule has 1 aromatic carbocycles. The van der Waals surface area contributed by atoms with Crippen LogP contribution >= 0.6 is 0 Å². The lowest BCUT2D eigenvalue weighted by molar-refractivity contribution is -0.121. The third-order valence-corrected chi connectivity index (χ3v) is 6.26. The number of furan rings is 1. The number of anilines is 1. The molecule has 144 valence electrons. The van der Waals surface area contributed by atoms with E-state index >= 15 is 0 Å². The smallest absolute Gasteiger partial charge is 0.223 e. The van der Waals surface area contributed by atoms with Gasteiger partial charge in [-0.1, -0.05) is 0 Å². The summed E-state index contributed by atoms with van der Waals surface area (Å²) in [5.74, 6) is -0.0713. The second-order valence-electron chi connectivity index (χ2n) is 6.49. The Labute approximate surface area is 158 Å². The maximum Gasteiger partial charge on any atom is 0.223 e. The van der Waals surface area contributed by atoms with Gasteiger partial charge in [0.1, 0.15) is 5.76 Å². The maximum absolute atomic E-state index is 12.6. The SMILES string of the molecule is CC(=O)N1CCCc2cc(S(=O)(=O)CCC(=O)NCc3ccco3)ccc21. The van der Waals surface area contributed by atoms with Crippen LogP contribution < -0.4 is 10.2 Å². The number of carbonyl (C=O) groups excluding carboxylic acids is 2. The van der Waals surface area contributed by atoms with Crippen molar-refractivity contribution < 1.29 is 22.4 Å². The Morgan fingerprint density at radius 3 is 2.78 bits per heavy atom. The zero-order valence-electron chi connectivity index (χ0n) is 15.1. The number of fused-ring (bicyclic) bond motifs is 1. The van der Waals surface area contributed by atoms with Crippen LogP contribution in [0.15, 0.2) is 45.9 Å². The van der Waals surface area contributed by atoms with Gasteiger partial charge in [-0.05, 0) is 48.7 Å². The normalized spacial score (nSPS) is 13.9. The fourth-order valence-corrected chi connectivity index (χ4v) is 4.41. The van der Waals surface area contributed by atoms with E-state index in [1.807, 2.05) is 0 Å². The van der Waals surface area contributed by atoms with Crippen LogP contribution in [-0.2, 0) is 32.4 Å². The largest absolute Gasteiger partial charge is 0.467 e. The number of benzene rings is 1. The van der Waals surface area contributed by atoms with Crippen molar-refractivity contribution in [1.82, 2.24) is 5.32 Å². The van der Waals surface area contributed by atoms with E-state index in [4.69, 9.17) is 4.42 Å². The minimum atomic E-state index is -3.59. The molecule has 1 N–H and O–H groups in total. The highest BCUT2D eigenvalue weighted by molar-refractivity contribution is 7.91. The van der Waals surface area contributed by atoms with Crippen LogP contribution in [0.25, 0.3) is 0 Å². The van der Waals surface area contributed by atoms with Crippen molar-refractivity contribution in [3.63, 3.8) is 0 Å². The molecule has 0 saturated carbocycles. The topological polar surface area (TPSA) is 96.7 Å². The number of sulfone groups is 1. The van der Waals surface area contributed by atoms with Gasteiger partial charge in [0.15, 0.2) is 9.84 Å². The summed E-state index contributed by atoms with van der Waals surface area (Å²) < 4.78 is 30.3. The second-order valence-corrected chi connectivity index (χ2v) is 8.60. The van der Waals surface area contributed by atoms with Gasteiger partial charge in [-0.3, -0.25) is 9.59 Å². The van der Waals surface area contributed by atoms with Crippen molar-refractivity contribution in [3.8, 4) is 0 Å². The van der Waals surface area contributed by atoms with Crippen LogP contribution in [0.5, 0.6) is 0 Å². The van der Waals surface area contributed by atoms with E-state index in [0.717, 1.165) is 24.1 Å². The number of nitrogens with one attached hydrogen (secondary N) is 1. The Morgan fingerprint density at radius 1 is 1.26 bits per heavy atom. The van der Waals surface area contributed by atoms with Crippen molar-refractivity contribution in [1.29, 1.82) is 0 Å². The number of hydrogen-bond donors (Lipinski definition) is 1. The lowest BCUT2D eigenvalue weighted by Gasteiger charge is -2.28. The van der Waals surface area contributed by atoms with Gasteiger partial charge < -0.3 is 14.6 Å². The van der Waals surface area contributed by atoms with E-state index in [0.29, 0.717) is 12.3 Å². The van der Waals surface area contributed by atoms with Crippen LogP contribution in [0.2, 0.25) is 0 Å². The highest BCUT2D eigenvalue weighted by Gasteiger charge is 2.23. The molecule has 0 radical (unpaired) electrons. The summed E-state index contributed by atoms with van der Waals surface area (Å²) in [6, 6.07) is 8.26. The first kappa shape index (κ1) is 19.2. The molecule has 2 heterocycles. The molecule has 3 rings (SSSR count). The predicted molar refractivity (Wildman–Crippen MR) is 100 cm³/mol. The van der Waals surface area contributed by atoms with Gasteiger partial charge in [-0.25, -0.2) is 8.42 Å². The van der Waals surface area contributed by atoms with Crippen LogP contribution in [0.4, 0.5) is 5.69 Å². The molecule has 0 spiro atoms. The monoisotopic (exact) mass is 390 g/mol. The fraction of sp³-hybridized carbons (Fsp3) is 0.368. The van der Waals surface area contributed by atoms with Crippen LogP contribution in [0.3, 0.4) is 0 Å². The Hall–Kier alpha value is -2.61. The lowest BCUT2D eigenvalue weighted by Crippen LogP contribution is -2.33. The first-order valence-corrected chi connectivity index (χ1v) is 10.4. The van der Waals surface area contributed by atoms with Gasteiger partial charge in [-0.2, -0.15) is 0 Å². The van der Waals surface area contributed by atoms with Gasteiger partial charge >= 0.3 is 0 Å². The minimum absolute atomic E-state index is 0.0558. The zero-order chi connectivity index (χ0) is 19.4. The molecule has 8 heteroatoms. The van der Waals surface area contributed by atoms with Crippen molar-refractivity contribution in [2.24, 2.45) is 0 Å². The van der Waals surface area contributed by atoms with Crippen LogP contribution in [0, 0.1) is 0 Å². The Bertz CT molecular complexity index is 935. The van der Waals surface area contributed by atoms with Crippen molar-refractivity contribution in [2.45, 2.75) is 37.6 Å². The Morgan fingerprint density at radius 2 is 2.07 bits per heavy atom. The number of amides is 2. The summed E-state index contributed by atoms with van der Waals surface area (Å²) in [5.41, 5.74) is 1.61. The summed E-state index contributed by atoms with van der Waals surface area (Å²) in [7, 11) is -3.59. The molecule has 0 saturated heterocycles. The molecule has 27 heavy (non-hydrogen) atoms. The van der Waals surface area contributed by atoms with Gasteiger partial charge in [0.05, 0.1) is 23.5 Å². The van der Waals surface area contributed by atoms with Crippen molar-refractivity contribution in [3.05, 3.63) is 47.9 Å². The van der Waals surface area contributed by atoms with E-state index in [1.54, 1.807) is 29.2 Å². The summed E-state index contributed by atoms with van der Waals surface area (Å²) in [5, 5.41) is 2.64. The fourth-order valence-electron chi connectivity index (χ4n) is 3.13. The highest BCUT2D eigenvalue weighted by Crippen LogP contribution is 2.30. The highest BCUT2D eigenvalue weighted by atomic mass is 32.2. The standard InChI is InChI=1S/C19H22N2O5S/c1-14(22)21-9-2-4-15-12-17(6-7-18(15)21)27(24,25)11-8-19(23)20-13-16-5-3-10-26-16/h3,5-7,10,12H,2,4,8-9,11,13H2,1H3,(H,20,23). The lowest BCUT2D eigenvalue weighted by atomic mass is 10.0. The van der Waals surface area contributed by atoms with E-state index in [1.165, 1.54) is 19.3 Å². The van der Waals surface area contributed by atoms with E-state index in [-0.39, 0.29) is 35.4 Å². The zero-order valence-corrected chi connectivity index (χ0v) is 15.9. The first-order valence-electron chi connectivity index (χ1n) is 8.80. The average molecular weight is 390 g/mol. The minimum Gasteiger partial charge on any atom is -0.467 e. The molecule has 0 unspecified atom stereocenters. The van der Waals surface area contributed by atoms with E-state index < -0.39 is 9.84 Å². The van der Waals surface area contributed by atoms with E-state index in [2.05, 4.69) is 5.32 Å². The van der Waals surface area contributed by atoms with Gasteiger partial charge in [0, 0.05) is 25.6 Å². The quantitative estimate of drug-likeness (QED) is 0.814. The third kappa shape index (κ3) is 4.57. The molecular weight excluding hydrogens is 368 g/mol. The Kier molecular flexibility index (Phi) is 5.65. The molecule has 0 atom stereocenters. The van der Waals surface area contributed by atoms with E-state index in [9.17, 15) is 18.0 Å². The molecule has 0 aliphatic carbocycles. The van der Waals surface area contributed by atoms with Gasteiger partial charge in [0.25, 0.3) is 0 Å².